The molecule has 2 N–H and O–H groups in total. The van der Waals surface area contributed by atoms with Crippen molar-refractivity contribution in [2.75, 3.05) is 13.1 Å². The van der Waals surface area contributed by atoms with Crippen LogP contribution < -0.4 is 5.32 Å². The van der Waals surface area contributed by atoms with Gasteiger partial charge in [-0.3, -0.25) is 4.79 Å². The third-order valence-electron chi connectivity index (χ3n) is 4.37. The molecule has 0 radical (unpaired) electrons. The highest BCUT2D eigenvalue weighted by atomic mass is 19.1. The predicted octanol–water partition coefficient (Wildman–Crippen LogP) is 3.17. The maximum Gasteiger partial charge on any atom is 0.317 e. The number of hydrogen-bond donors (Lipinski definition) is 2. The molecule has 1 unspecified atom stereocenters. The molecule has 5 nitrogen and oxygen atoms in total. The minimum Gasteiger partial charge on any atom is -0.481 e. The van der Waals surface area contributed by atoms with E-state index in [2.05, 4.69) is 5.32 Å². The summed E-state index contributed by atoms with van der Waals surface area (Å²) in [5.41, 5.74) is 0.236. The van der Waals surface area contributed by atoms with E-state index in [1.165, 1.54) is 11.0 Å². The number of carboxylic acid groups (broad SMARTS) is 1. The largest absolute Gasteiger partial charge is 0.481 e. The Morgan fingerprint density at radius 1 is 1.25 bits per heavy atom. The number of carboxylic acids is 1. The van der Waals surface area contributed by atoms with Gasteiger partial charge in [-0.2, -0.15) is 0 Å². The Bertz CT molecular complexity index is 614. The van der Waals surface area contributed by atoms with Gasteiger partial charge in [-0.15, -0.1) is 0 Å². The number of likely N-dealkylation sites (tertiary alicyclic amines) is 1. The number of carbonyl (C=O) groups is 2. The van der Waals surface area contributed by atoms with Crippen molar-refractivity contribution in [3.63, 3.8) is 0 Å². The van der Waals surface area contributed by atoms with Crippen molar-refractivity contribution in [3.8, 4) is 0 Å². The molecule has 2 amide bonds. The molecule has 132 valence electrons. The van der Waals surface area contributed by atoms with Crippen LogP contribution in [0, 0.1) is 23.5 Å². The lowest BCUT2D eigenvalue weighted by atomic mass is 9.95. The van der Waals surface area contributed by atoms with Crippen molar-refractivity contribution in [3.05, 3.63) is 35.4 Å². The number of aliphatic carboxylic acids is 1. The molecule has 1 aliphatic heterocycles. The number of halogens is 2. The number of urea groups is 1. The first kappa shape index (κ1) is 18.2. The summed E-state index contributed by atoms with van der Waals surface area (Å²) in [7, 11) is 0. The Morgan fingerprint density at radius 3 is 2.38 bits per heavy atom. The first-order valence-corrected chi connectivity index (χ1v) is 8.02. The molecule has 1 aliphatic rings. The van der Waals surface area contributed by atoms with Crippen molar-refractivity contribution in [2.45, 2.75) is 32.7 Å². The second-order valence-electron chi connectivity index (χ2n) is 6.44. The molecule has 0 saturated carbocycles. The van der Waals surface area contributed by atoms with Crippen molar-refractivity contribution < 1.29 is 23.5 Å². The highest BCUT2D eigenvalue weighted by Gasteiger charge is 2.29. The first-order valence-electron chi connectivity index (χ1n) is 8.02. The fourth-order valence-corrected chi connectivity index (χ4v) is 2.91. The van der Waals surface area contributed by atoms with Crippen LogP contribution in [-0.2, 0) is 4.79 Å². The van der Waals surface area contributed by atoms with Gasteiger partial charge in [-0.25, -0.2) is 13.6 Å². The van der Waals surface area contributed by atoms with E-state index in [4.69, 9.17) is 5.11 Å². The van der Waals surface area contributed by atoms with E-state index >= 15 is 0 Å². The van der Waals surface area contributed by atoms with Crippen LogP contribution >= 0.6 is 0 Å². The summed E-state index contributed by atoms with van der Waals surface area (Å²) in [6.45, 7) is 4.37. The summed E-state index contributed by atoms with van der Waals surface area (Å²) in [6, 6.07) is 2.36. The van der Waals surface area contributed by atoms with Crippen molar-refractivity contribution >= 4 is 12.0 Å². The summed E-state index contributed by atoms with van der Waals surface area (Å²) in [5, 5.41) is 11.8. The van der Waals surface area contributed by atoms with Gasteiger partial charge < -0.3 is 15.3 Å². The van der Waals surface area contributed by atoms with Gasteiger partial charge in [0, 0.05) is 24.7 Å². The molecular weight excluding hydrogens is 318 g/mol. The van der Waals surface area contributed by atoms with E-state index in [9.17, 15) is 18.4 Å². The van der Waals surface area contributed by atoms with Crippen LogP contribution in [-0.4, -0.2) is 35.1 Å². The molecule has 1 aromatic rings. The summed E-state index contributed by atoms with van der Waals surface area (Å²) < 4.78 is 27.1. The van der Waals surface area contributed by atoms with Gasteiger partial charge in [-0.05, 0) is 24.8 Å². The molecule has 2 rings (SSSR count). The molecule has 24 heavy (non-hydrogen) atoms. The molecule has 7 heteroatoms. The molecule has 1 heterocycles. The molecule has 0 bridgehead atoms. The number of nitrogens with zero attached hydrogens (tertiary/aromatic N) is 1. The number of amides is 2. The van der Waals surface area contributed by atoms with Gasteiger partial charge in [0.1, 0.15) is 11.6 Å². The predicted molar refractivity (Wildman–Crippen MR) is 84.4 cm³/mol. The lowest BCUT2D eigenvalue weighted by molar-refractivity contribution is -0.143. The molecule has 1 atom stereocenters. The number of carbonyl (C=O) groups excluding carboxylic acids is 1. The van der Waals surface area contributed by atoms with Crippen LogP contribution in [0.4, 0.5) is 13.6 Å². The second-order valence-corrected chi connectivity index (χ2v) is 6.44. The topological polar surface area (TPSA) is 69.6 Å². The fourth-order valence-electron chi connectivity index (χ4n) is 2.91. The van der Waals surface area contributed by atoms with E-state index in [1.807, 2.05) is 13.8 Å². The quantitative estimate of drug-likeness (QED) is 0.884. The molecular formula is C17H22F2N2O3. The zero-order valence-corrected chi connectivity index (χ0v) is 13.8. The fraction of sp³-hybridized carbons (Fsp3) is 0.529. The number of nitrogens with one attached hydrogen (secondary N) is 1. The van der Waals surface area contributed by atoms with Crippen LogP contribution in [0.2, 0.25) is 0 Å². The standard InChI is InChI=1S/C17H22F2N2O3/c1-10(2)15(13-4-3-12(18)9-14(13)19)20-17(24)21-7-5-11(6-8-21)16(22)23/h3-4,9-11,15H,5-8H2,1-2H3,(H,20,24)(H,22,23). The molecule has 0 spiro atoms. The minimum absolute atomic E-state index is 0.0922. The van der Waals surface area contributed by atoms with Crippen molar-refractivity contribution in [1.82, 2.24) is 10.2 Å². The summed E-state index contributed by atoms with van der Waals surface area (Å²) in [6.07, 6.45) is 0.806. The number of hydrogen-bond acceptors (Lipinski definition) is 2. The van der Waals surface area contributed by atoms with Crippen LogP contribution in [0.3, 0.4) is 0 Å². The van der Waals surface area contributed by atoms with Crippen LogP contribution in [0.1, 0.15) is 38.3 Å². The number of rotatable bonds is 4. The Kier molecular flexibility index (Phi) is 5.75. The van der Waals surface area contributed by atoms with Gasteiger partial charge in [0.2, 0.25) is 0 Å². The van der Waals surface area contributed by atoms with Crippen LogP contribution in [0.5, 0.6) is 0 Å². The summed E-state index contributed by atoms with van der Waals surface area (Å²) >= 11 is 0. The van der Waals surface area contributed by atoms with Crippen molar-refractivity contribution in [2.24, 2.45) is 11.8 Å². The highest BCUT2D eigenvalue weighted by molar-refractivity contribution is 5.76. The van der Waals surface area contributed by atoms with E-state index in [-0.39, 0.29) is 17.5 Å². The van der Waals surface area contributed by atoms with Crippen LogP contribution in [0.25, 0.3) is 0 Å². The first-order chi connectivity index (χ1) is 11.3. The molecule has 1 fully saturated rings. The molecule has 1 saturated heterocycles. The average Bonchev–Trinajstić information content (AvgIpc) is 2.53. The summed E-state index contributed by atoms with van der Waals surface area (Å²) in [5.74, 6) is -2.72. The average molecular weight is 340 g/mol. The number of piperidine rings is 1. The normalized spacial score (nSPS) is 17.0. The smallest absolute Gasteiger partial charge is 0.317 e. The highest BCUT2D eigenvalue weighted by Crippen LogP contribution is 2.26. The molecule has 0 aliphatic carbocycles. The van der Waals surface area contributed by atoms with Gasteiger partial charge in [0.25, 0.3) is 0 Å². The zero-order chi connectivity index (χ0) is 17.9. The Morgan fingerprint density at radius 2 is 1.88 bits per heavy atom. The Hall–Kier alpha value is -2.18. The molecule has 1 aromatic carbocycles. The van der Waals surface area contributed by atoms with E-state index in [1.54, 1.807) is 0 Å². The minimum atomic E-state index is -0.844. The summed E-state index contributed by atoms with van der Waals surface area (Å²) in [4.78, 5) is 24.9. The lowest BCUT2D eigenvalue weighted by Gasteiger charge is -2.33. The van der Waals surface area contributed by atoms with Gasteiger partial charge in [-0.1, -0.05) is 19.9 Å². The molecule has 0 aromatic heterocycles. The maximum atomic E-state index is 14.0. The van der Waals surface area contributed by atoms with E-state index in [0.29, 0.717) is 25.9 Å². The Labute approximate surface area is 139 Å². The van der Waals surface area contributed by atoms with Crippen molar-refractivity contribution in [1.29, 1.82) is 0 Å². The third-order valence-corrected chi connectivity index (χ3v) is 4.37. The van der Waals surface area contributed by atoms with Crippen LogP contribution in [0.15, 0.2) is 18.2 Å². The van der Waals surface area contributed by atoms with Gasteiger partial charge >= 0.3 is 12.0 Å². The SMILES string of the molecule is CC(C)C(NC(=O)N1CCC(C(=O)O)CC1)c1ccc(F)cc1F. The van der Waals surface area contributed by atoms with Gasteiger partial charge in [0.15, 0.2) is 0 Å². The second kappa shape index (κ2) is 7.59. The zero-order valence-electron chi connectivity index (χ0n) is 13.8. The van der Waals surface area contributed by atoms with E-state index < -0.39 is 29.6 Å². The monoisotopic (exact) mass is 340 g/mol. The third kappa shape index (κ3) is 4.21. The van der Waals surface area contributed by atoms with Gasteiger partial charge in [0.05, 0.1) is 12.0 Å². The maximum absolute atomic E-state index is 14.0. The Balaban J connectivity index is 2.06. The lowest BCUT2D eigenvalue weighted by Crippen LogP contribution is -2.47. The number of benzene rings is 1. The van der Waals surface area contributed by atoms with E-state index in [0.717, 1.165) is 12.1 Å².